The largest absolute Gasteiger partial charge is 0.394 e. The third-order valence-electron chi connectivity index (χ3n) is 10.3. The lowest BCUT2D eigenvalue weighted by Gasteiger charge is -2.60. The van der Waals surface area contributed by atoms with Gasteiger partial charge in [0.25, 0.3) is 0 Å². The molecule has 1 N–H and O–H groups in total. The second kappa shape index (κ2) is 9.08. The second-order valence-corrected chi connectivity index (χ2v) is 14.1. The summed E-state index contributed by atoms with van der Waals surface area (Å²) in [5.74, 6) is 3.34. The summed E-state index contributed by atoms with van der Waals surface area (Å²) in [6, 6.07) is 9.30. The van der Waals surface area contributed by atoms with Gasteiger partial charge in [0.2, 0.25) is 0 Å². The quantitative estimate of drug-likeness (QED) is 0.465. The maximum absolute atomic E-state index is 13.9. The Hall–Kier alpha value is -0.670. The van der Waals surface area contributed by atoms with Crippen molar-refractivity contribution in [2.45, 2.75) is 97.2 Å². The summed E-state index contributed by atoms with van der Waals surface area (Å²) >= 11 is 0. The minimum absolute atomic E-state index is 0.0445. The molecule has 4 aliphatic carbocycles. The highest BCUT2D eigenvalue weighted by Crippen LogP contribution is 2.67. The summed E-state index contributed by atoms with van der Waals surface area (Å²) in [5, 5.41) is 10.1. The van der Waals surface area contributed by atoms with Gasteiger partial charge < -0.3 is 9.63 Å². The van der Waals surface area contributed by atoms with Crippen molar-refractivity contribution in [1.82, 2.24) is 0 Å². The van der Waals surface area contributed by atoms with Crippen LogP contribution in [0.2, 0.25) is 0 Å². The molecule has 9 atom stereocenters. The number of aliphatic hydroxyl groups excluding tert-OH is 1. The average Bonchev–Trinajstić information content (AvgIpc) is 3.21. The molecule has 1 aromatic carbocycles. The molecule has 4 saturated carbocycles. The van der Waals surface area contributed by atoms with Crippen LogP contribution in [-0.2, 0) is 13.6 Å². The Morgan fingerprint density at radius 3 is 2.58 bits per heavy atom. The zero-order chi connectivity index (χ0) is 23.3. The van der Waals surface area contributed by atoms with E-state index in [9.17, 15) is 9.67 Å². The lowest BCUT2D eigenvalue weighted by molar-refractivity contribution is -0.119. The summed E-state index contributed by atoms with van der Waals surface area (Å²) < 4.78 is 26.2. The molecule has 33 heavy (non-hydrogen) atoms. The van der Waals surface area contributed by atoms with Gasteiger partial charge in [0.05, 0.1) is 24.1 Å². The van der Waals surface area contributed by atoms with E-state index in [0.29, 0.717) is 22.1 Å². The summed E-state index contributed by atoms with van der Waals surface area (Å²) in [5.41, 5.74) is 0.996. The Morgan fingerprint density at radius 1 is 1.03 bits per heavy atom. The van der Waals surface area contributed by atoms with Crippen molar-refractivity contribution in [1.29, 1.82) is 0 Å². The fourth-order valence-corrected chi connectivity index (χ4v) is 10.5. The number of hydrogen-bond donors (Lipinski definition) is 1. The van der Waals surface area contributed by atoms with Crippen LogP contribution < -0.4 is 5.30 Å². The lowest BCUT2D eigenvalue weighted by atomic mass is 9.45. The van der Waals surface area contributed by atoms with Crippen LogP contribution in [0.5, 0.6) is 0 Å². The van der Waals surface area contributed by atoms with E-state index in [1.54, 1.807) is 6.92 Å². The van der Waals surface area contributed by atoms with Crippen molar-refractivity contribution in [2.24, 2.45) is 34.5 Å². The maximum Gasteiger partial charge on any atom is 0.361 e. The molecule has 0 heterocycles. The fraction of sp³-hybridized carbons (Fsp3) is 0.786. The first-order valence-electron chi connectivity index (χ1n) is 13.4. The highest BCUT2D eigenvalue weighted by molar-refractivity contribution is 7.62. The monoisotopic (exact) mass is 474 g/mol. The molecular weight excluding hydrogens is 431 g/mol. The normalized spacial score (nSPS) is 43.1. The molecule has 2 unspecified atom stereocenters. The maximum atomic E-state index is 13.9. The van der Waals surface area contributed by atoms with Crippen LogP contribution >= 0.6 is 7.60 Å². The molecule has 0 radical (unpaired) electrons. The van der Waals surface area contributed by atoms with Gasteiger partial charge in [-0.15, -0.1) is 0 Å². The molecule has 0 aromatic heterocycles. The first kappa shape index (κ1) is 24.0. The number of hydrogen-bond acceptors (Lipinski definition) is 4. The molecule has 0 spiro atoms. The Labute approximate surface area is 200 Å². The van der Waals surface area contributed by atoms with Gasteiger partial charge in [0, 0.05) is 0 Å². The van der Waals surface area contributed by atoms with Gasteiger partial charge in [-0.1, -0.05) is 38.5 Å². The van der Waals surface area contributed by atoms with Crippen LogP contribution in [0.15, 0.2) is 30.3 Å². The summed E-state index contributed by atoms with van der Waals surface area (Å²) in [6.45, 7) is 6.73. The fourth-order valence-electron chi connectivity index (χ4n) is 8.53. The molecule has 1 aromatic rings. The van der Waals surface area contributed by atoms with Crippen LogP contribution in [0.1, 0.15) is 85.0 Å². The Bertz CT molecular complexity index is 874. The predicted molar refractivity (Wildman–Crippen MR) is 133 cm³/mol. The van der Waals surface area contributed by atoms with E-state index in [4.69, 9.17) is 9.05 Å². The van der Waals surface area contributed by atoms with Crippen LogP contribution in [-0.4, -0.2) is 23.9 Å². The third-order valence-corrected chi connectivity index (χ3v) is 12.5. The van der Waals surface area contributed by atoms with Crippen molar-refractivity contribution in [2.75, 3.05) is 6.61 Å². The Balaban J connectivity index is 1.32. The van der Waals surface area contributed by atoms with E-state index in [1.807, 2.05) is 30.3 Å². The number of rotatable bonds is 6. The Morgan fingerprint density at radius 2 is 1.82 bits per heavy atom. The second-order valence-electron chi connectivity index (χ2n) is 12.2. The zero-order valence-electron chi connectivity index (χ0n) is 20.7. The number of benzene rings is 1. The standard InChI is InChI=1S/C28H43O4P/c1-20(19-29)31-33(30,23-8-5-4-6-9-23)32-22-13-17-28(3)21(18-22)11-12-24-25-10-7-15-27(25,2)16-14-26(24)28/h4-6,8-9,20-22,24-26,29H,7,10-19H2,1-3H3/t20?,21-,22+,24-,25-,26-,27-,28-,33?/m0/s1. The molecule has 4 nitrogen and oxygen atoms in total. The molecule has 0 saturated heterocycles. The molecular formula is C28H43O4P. The minimum Gasteiger partial charge on any atom is -0.394 e. The van der Waals surface area contributed by atoms with Gasteiger partial charge in [-0.05, 0) is 111 Å². The molecule has 4 fully saturated rings. The average molecular weight is 475 g/mol. The molecule has 5 heteroatoms. The van der Waals surface area contributed by atoms with Crippen molar-refractivity contribution < 1.29 is 18.7 Å². The van der Waals surface area contributed by atoms with Crippen LogP contribution in [0.3, 0.4) is 0 Å². The van der Waals surface area contributed by atoms with Crippen LogP contribution in [0.25, 0.3) is 0 Å². The predicted octanol–water partition coefficient (Wildman–Crippen LogP) is 6.72. The molecule has 184 valence electrons. The highest BCUT2D eigenvalue weighted by atomic mass is 31.2. The van der Waals surface area contributed by atoms with Gasteiger partial charge >= 0.3 is 7.60 Å². The van der Waals surface area contributed by atoms with Gasteiger partial charge in [-0.3, -0.25) is 9.09 Å². The molecule has 0 bridgehead atoms. The van der Waals surface area contributed by atoms with Crippen molar-refractivity contribution >= 4 is 12.9 Å². The summed E-state index contributed by atoms with van der Waals surface area (Å²) in [6.07, 6.45) is 12.3. The summed E-state index contributed by atoms with van der Waals surface area (Å²) in [4.78, 5) is 0. The van der Waals surface area contributed by atoms with E-state index in [2.05, 4.69) is 13.8 Å². The molecule has 4 aliphatic rings. The zero-order valence-corrected chi connectivity index (χ0v) is 21.6. The smallest absolute Gasteiger partial charge is 0.361 e. The molecule has 5 rings (SSSR count). The minimum atomic E-state index is -3.49. The highest BCUT2D eigenvalue weighted by Gasteiger charge is 2.58. The first-order valence-corrected chi connectivity index (χ1v) is 14.9. The summed E-state index contributed by atoms with van der Waals surface area (Å²) in [7, 11) is -3.49. The van der Waals surface area contributed by atoms with Crippen molar-refractivity contribution in [3.05, 3.63) is 30.3 Å². The van der Waals surface area contributed by atoms with Crippen LogP contribution in [0.4, 0.5) is 0 Å². The van der Waals surface area contributed by atoms with Gasteiger partial charge in [-0.25, -0.2) is 0 Å². The molecule has 0 aliphatic heterocycles. The third kappa shape index (κ3) is 4.28. The van der Waals surface area contributed by atoms with E-state index in [1.165, 1.54) is 44.9 Å². The number of fused-ring (bicyclic) bond motifs is 5. The van der Waals surface area contributed by atoms with E-state index < -0.39 is 13.7 Å². The Kier molecular flexibility index (Phi) is 6.62. The van der Waals surface area contributed by atoms with Crippen LogP contribution in [0, 0.1) is 34.5 Å². The number of aliphatic hydroxyl groups is 1. The van der Waals surface area contributed by atoms with Gasteiger partial charge in [-0.2, -0.15) is 0 Å². The first-order chi connectivity index (χ1) is 15.8. The van der Waals surface area contributed by atoms with E-state index in [0.717, 1.165) is 37.0 Å². The van der Waals surface area contributed by atoms with Gasteiger partial charge in [0.1, 0.15) is 0 Å². The SMILES string of the molecule is CC(CO)OP(=O)(O[C@@H]1CC[C@@]2(C)[C@@H](CC[C@H]3[C@@H]4CCC[C@@]4(C)CC[C@@H]32)C1)c1ccccc1. The van der Waals surface area contributed by atoms with Crippen molar-refractivity contribution in [3.8, 4) is 0 Å². The topological polar surface area (TPSA) is 55.8 Å². The molecule has 0 amide bonds. The lowest BCUT2D eigenvalue weighted by Crippen LogP contribution is -2.53. The van der Waals surface area contributed by atoms with Crippen molar-refractivity contribution in [3.63, 3.8) is 0 Å². The van der Waals surface area contributed by atoms with E-state index in [-0.39, 0.29) is 12.7 Å². The van der Waals surface area contributed by atoms with E-state index >= 15 is 0 Å². The van der Waals surface area contributed by atoms with Gasteiger partial charge in [0.15, 0.2) is 0 Å².